The molecule has 6 aliphatic rings. The number of benzene rings is 1. The van der Waals surface area contributed by atoms with Crippen LogP contribution in [0, 0.1) is 17.2 Å². The number of methoxy groups -OCH3 is 1. The standard InChI is InChI=1S/C40H60N6O4/c1-4-37(47)45-24-23-44(27-31(45)19-21-41)38-33-18-20-40(36(48-3)25-29-13-10-11-17-35(29)50-40)26-34(33)42-39(49-28-32-16-12-22-43(32)2)46(38)30-14-8-6-5-7-9-15-30/h4,10-11,13,17,30-34,36,38-39,42H,1,5-9,12,14-16,18-20,22-28H2,2-3H3/t31?,32?,33?,34?,36?,38?,39?,40-/m1/s1. The Hall–Kier alpha value is -2.52. The number of hydrogen-bond acceptors (Lipinski definition) is 9. The van der Waals surface area contributed by atoms with Crippen molar-refractivity contribution in [3.63, 3.8) is 0 Å². The van der Waals surface area contributed by atoms with Gasteiger partial charge in [-0.3, -0.25) is 15.0 Å². The Balaban J connectivity index is 1.24. The minimum atomic E-state index is -0.418. The molecule has 2 aliphatic carbocycles. The molecule has 0 bridgehead atoms. The van der Waals surface area contributed by atoms with Gasteiger partial charge in [0.25, 0.3) is 0 Å². The fourth-order valence-corrected chi connectivity index (χ4v) is 10.5. The Labute approximate surface area is 300 Å². The molecule has 1 amide bonds. The topological polar surface area (TPSA) is 93.5 Å². The lowest BCUT2D eigenvalue weighted by Crippen LogP contribution is -2.76. The maximum atomic E-state index is 13.0. The number of ether oxygens (including phenoxy) is 3. The highest BCUT2D eigenvalue weighted by Gasteiger charge is 2.57. The van der Waals surface area contributed by atoms with Crippen LogP contribution in [0.15, 0.2) is 36.9 Å². The highest BCUT2D eigenvalue weighted by Crippen LogP contribution is 2.48. The predicted molar refractivity (Wildman–Crippen MR) is 193 cm³/mol. The van der Waals surface area contributed by atoms with E-state index in [0.717, 1.165) is 44.5 Å². The number of fused-ring (bicyclic) bond motifs is 2. The normalized spacial score (nSPS) is 36.1. The lowest BCUT2D eigenvalue weighted by molar-refractivity contribution is -0.227. The van der Waals surface area contributed by atoms with Crippen LogP contribution in [0.5, 0.6) is 5.75 Å². The largest absolute Gasteiger partial charge is 0.484 e. The highest BCUT2D eigenvalue weighted by molar-refractivity contribution is 5.87. The third kappa shape index (κ3) is 7.24. The molecule has 5 fully saturated rings. The zero-order chi connectivity index (χ0) is 34.7. The number of piperazine rings is 1. The molecule has 1 aromatic carbocycles. The summed E-state index contributed by atoms with van der Waals surface area (Å²) in [5.41, 5.74) is 0.799. The van der Waals surface area contributed by atoms with Gasteiger partial charge in [-0.15, -0.1) is 0 Å². The number of likely N-dealkylation sites (tertiary alicyclic amines) is 1. The average Bonchev–Trinajstić information content (AvgIpc) is 3.53. The summed E-state index contributed by atoms with van der Waals surface area (Å²) in [4.78, 5) is 22.7. The molecule has 10 nitrogen and oxygen atoms in total. The maximum Gasteiger partial charge on any atom is 0.246 e. The average molecular weight is 689 g/mol. The van der Waals surface area contributed by atoms with Crippen molar-refractivity contribution in [3.05, 3.63) is 42.5 Å². The third-order valence-electron chi connectivity index (χ3n) is 13.1. The van der Waals surface area contributed by atoms with Gasteiger partial charge in [-0.25, -0.2) is 4.90 Å². The van der Waals surface area contributed by atoms with Crippen molar-refractivity contribution in [2.75, 3.05) is 46.9 Å². The molecule has 4 aliphatic heterocycles. The van der Waals surface area contributed by atoms with Crippen LogP contribution in [0.3, 0.4) is 0 Å². The van der Waals surface area contributed by atoms with Crippen molar-refractivity contribution in [1.29, 1.82) is 5.26 Å². The highest BCUT2D eigenvalue weighted by atomic mass is 16.6. The van der Waals surface area contributed by atoms with E-state index in [-0.39, 0.29) is 36.6 Å². The third-order valence-corrected chi connectivity index (χ3v) is 13.1. The van der Waals surface area contributed by atoms with Crippen molar-refractivity contribution in [1.82, 2.24) is 24.9 Å². The van der Waals surface area contributed by atoms with Crippen LogP contribution in [0.4, 0.5) is 0 Å². The van der Waals surface area contributed by atoms with Crippen molar-refractivity contribution in [3.8, 4) is 11.8 Å². The maximum absolute atomic E-state index is 13.0. The Morgan fingerprint density at radius 3 is 2.62 bits per heavy atom. The van der Waals surface area contributed by atoms with E-state index < -0.39 is 5.60 Å². The van der Waals surface area contributed by atoms with Crippen LogP contribution in [0.1, 0.15) is 89.0 Å². The van der Waals surface area contributed by atoms with Gasteiger partial charge >= 0.3 is 0 Å². The molecule has 1 spiro atoms. The van der Waals surface area contributed by atoms with Crippen molar-refractivity contribution in [2.45, 2.75) is 138 Å². The van der Waals surface area contributed by atoms with E-state index in [9.17, 15) is 10.1 Å². The first kappa shape index (κ1) is 35.9. The summed E-state index contributed by atoms with van der Waals surface area (Å²) in [5, 5.41) is 14.0. The second-order valence-electron chi connectivity index (χ2n) is 16.0. The van der Waals surface area contributed by atoms with Gasteiger partial charge in [-0.05, 0) is 69.8 Å². The minimum Gasteiger partial charge on any atom is -0.484 e. The van der Waals surface area contributed by atoms with Gasteiger partial charge in [0, 0.05) is 63.6 Å². The molecule has 10 heteroatoms. The molecule has 1 aromatic rings. The number of carbonyl (C=O) groups excluding carboxylic acids is 1. The van der Waals surface area contributed by atoms with E-state index in [2.05, 4.69) is 64.0 Å². The first-order valence-electron chi connectivity index (χ1n) is 19.6. The summed E-state index contributed by atoms with van der Waals surface area (Å²) in [7, 11) is 4.07. The number of nitrogens with one attached hydrogen (secondary N) is 1. The number of nitrogens with zero attached hydrogens (tertiary/aromatic N) is 5. The number of amides is 1. The monoisotopic (exact) mass is 688 g/mol. The molecule has 7 rings (SSSR count). The smallest absolute Gasteiger partial charge is 0.246 e. The minimum absolute atomic E-state index is 0.0257. The number of rotatable bonds is 8. The molecule has 0 radical (unpaired) electrons. The number of hydrogen-bond donors (Lipinski definition) is 1. The molecule has 1 N–H and O–H groups in total. The number of nitriles is 1. The molecule has 50 heavy (non-hydrogen) atoms. The zero-order valence-electron chi connectivity index (χ0n) is 30.5. The predicted octanol–water partition coefficient (Wildman–Crippen LogP) is 4.90. The number of likely N-dealkylation sites (N-methyl/N-ethyl adjacent to an activating group) is 1. The van der Waals surface area contributed by atoms with Gasteiger partial charge in [0.05, 0.1) is 31.3 Å². The second-order valence-corrected chi connectivity index (χ2v) is 16.0. The summed E-state index contributed by atoms with van der Waals surface area (Å²) in [6.07, 6.45) is 16.3. The summed E-state index contributed by atoms with van der Waals surface area (Å²) in [5.74, 6) is 1.25. The lowest BCUT2D eigenvalue weighted by atomic mass is 9.68. The fraction of sp³-hybridized carbons (Fsp3) is 0.750. The Morgan fingerprint density at radius 2 is 1.88 bits per heavy atom. The van der Waals surface area contributed by atoms with Crippen LogP contribution in [-0.4, -0.2) is 121 Å². The summed E-state index contributed by atoms with van der Waals surface area (Å²) in [6.45, 7) is 7.65. The van der Waals surface area contributed by atoms with E-state index in [1.807, 2.05) is 12.0 Å². The van der Waals surface area contributed by atoms with E-state index in [1.165, 1.54) is 69.4 Å². The van der Waals surface area contributed by atoms with Gasteiger partial charge in [0.15, 0.2) is 6.35 Å². The molecule has 7 unspecified atom stereocenters. The molecule has 274 valence electrons. The SMILES string of the molecule is C=CC(=O)N1CCN(C2C3CC[C@]4(CC3NC(OCC3CCCN3C)N2C2CCCCCCC2)Oc2ccccc2CC4OC)CC1CC#N. The fourth-order valence-electron chi connectivity index (χ4n) is 10.5. The van der Waals surface area contributed by atoms with E-state index in [0.29, 0.717) is 44.1 Å². The van der Waals surface area contributed by atoms with Crippen LogP contribution >= 0.6 is 0 Å². The van der Waals surface area contributed by atoms with Crippen LogP contribution in [0.2, 0.25) is 0 Å². The molecule has 3 saturated heterocycles. The number of carbonyl (C=O) groups is 1. The molecule has 2 saturated carbocycles. The van der Waals surface area contributed by atoms with E-state index >= 15 is 0 Å². The number of para-hydroxylation sites is 1. The Kier molecular flexibility index (Phi) is 11.5. The van der Waals surface area contributed by atoms with Crippen LogP contribution < -0.4 is 10.1 Å². The van der Waals surface area contributed by atoms with Crippen molar-refractivity contribution in [2.24, 2.45) is 5.92 Å². The molecular weight excluding hydrogens is 628 g/mol. The van der Waals surface area contributed by atoms with Gasteiger partial charge in [-0.1, -0.05) is 56.9 Å². The summed E-state index contributed by atoms with van der Waals surface area (Å²) in [6, 6.07) is 11.7. The summed E-state index contributed by atoms with van der Waals surface area (Å²) < 4.78 is 20.4. The van der Waals surface area contributed by atoms with Crippen molar-refractivity contribution < 1.29 is 19.0 Å². The molecule has 8 atom stereocenters. The van der Waals surface area contributed by atoms with Gasteiger partial charge < -0.3 is 24.0 Å². The Morgan fingerprint density at radius 1 is 1.08 bits per heavy atom. The first-order chi connectivity index (χ1) is 24.4. The lowest BCUT2D eigenvalue weighted by Gasteiger charge is -2.61. The van der Waals surface area contributed by atoms with Crippen LogP contribution in [-0.2, 0) is 20.7 Å². The first-order valence-corrected chi connectivity index (χ1v) is 19.6. The zero-order valence-corrected chi connectivity index (χ0v) is 30.5. The molecular formula is C40H60N6O4. The van der Waals surface area contributed by atoms with Crippen molar-refractivity contribution >= 4 is 5.91 Å². The molecule has 4 heterocycles. The van der Waals surface area contributed by atoms with E-state index in [1.54, 1.807) is 0 Å². The van der Waals surface area contributed by atoms with E-state index in [4.69, 9.17) is 14.2 Å². The van der Waals surface area contributed by atoms with Crippen LogP contribution in [0.25, 0.3) is 0 Å². The van der Waals surface area contributed by atoms with Gasteiger partial charge in [-0.2, -0.15) is 5.26 Å². The Bertz CT molecular complexity index is 1360. The van der Waals surface area contributed by atoms with Gasteiger partial charge in [0.1, 0.15) is 17.5 Å². The second kappa shape index (κ2) is 16.0. The molecule has 0 aromatic heterocycles. The summed E-state index contributed by atoms with van der Waals surface area (Å²) >= 11 is 0. The quantitative estimate of drug-likeness (QED) is 0.383. The van der Waals surface area contributed by atoms with Gasteiger partial charge in [0.2, 0.25) is 5.91 Å².